The van der Waals surface area contributed by atoms with Crippen molar-refractivity contribution < 1.29 is 14.3 Å². The maximum atomic E-state index is 10.0. The van der Waals surface area contributed by atoms with Gasteiger partial charge in [0, 0.05) is 6.08 Å². The number of hydrogen-bond acceptors (Lipinski definition) is 3. The van der Waals surface area contributed by atoms with Gasteiger partial charge in [-0.05, 0) is 5.92 Å². The van der Waals surface area contributed by atoms with Crippen LogP contribution in [0.25, 0.3) is 0 Å². The van der Waals surface area contributed by atoms with E-state index in [0.717, 1.165) is 0 Å². The topological polar surface area (TPSA) is 35.5 Å². The Balaban J connectivity index is 2.38. The minimum Gasteiger partial charge on any atom is -0.360 e. The highest BCUT2D eigenvalue weighted by molar-refractivity contribution is 5.67. The molecule has 50 valence electrons. The van der Waals surface area contributed by atoms with Gasteiger partial charge < -0.3 is 9.47 Å². The summed E-state index contributed by atoms with van der Waals surface area (Å²) in [7, 11) is 0. The second-order valence-electron chi connectivity index (χ2n) is 2.18. The molecule has 0 aromatic rings. The van der Waals surface area contributed by atoms with Gasteiger partial charge in [0.15, 0.2) is 0 Å². The van der Waals surface area contributed by atoms with Gasteiger partial charge in [-0.1, -0.05) is 13.8 Å². The number of carbonyl (C=O) groups is 1. The fourth-order valence-electron chi connectivity index (χ4n) is 0.512. The predicted molar refractivity (Wildman–Crippen MR) is 30.5 cm³/mol. The fourth-order valence-corrected chi connectivity index (χ4v) is 0.512. The standard InChI is InChI=1S/C6H8O3/c1-4(2)3-5-8-6(7)9-5/h3-4H,1-2H3. The van der Waals surface area contributed by atoms with E-state index in [1.54, 1.807) is 6.08 Å². The van der Waals surface area contributed by atoms with E-state index in [2.05, 4.69) is 9.47 Å². The Morgan fingerprint density at radius 3 is 2.33 bits per heavy atom. The fraction of sp³-hybridized carbons (Fsp3) is 0.500. The number of hydrogen-bond donors (Lipinski definition) is 0. The molecule has 1 aliphatic rings. The van der Waals surface area contributed by atoms with Crippen molar-refractivity contribution >= 4 is 6.16 Å². The third-order valence-corrected chi connectivity index (χ3v) is 0.837. The molecule has 1 fully saturated rings. The lowest BCUT2D eigenvalue weighted by Gasteiger charge is -2.15. The zero-order chi connectivity index (χ0) is 6.85. The zero-order valence-corrected chi connectivity index (χ0v) is 5.38. The molecule has 1 saturated heterocycles. The average Bonchev–Trinajstić information content (AvgIpc) is 1.60. The normalized spacial score (nSPS) is 16.3. The van der Waals surface area contributed by atoms with E-state index in [-0.39, 0.29) is 0 Å². The first-order valence-corrected chi connectivity index (χ1v) is 2.80. The molecule has 0 radical (unpaired) electrons. The van der Waals surface area contributed by atoms with Crippen molar-refractivity contribution in [1.82, 2.24) is 0 Å². The summed E-state index contributed by atoms with van der Waals surface area (Å²) in [6.45, 7) is 3.95. The Morgan fingerprint density at radius 1 is 1.44 bits per heavy atom. The van der Waals surface area contributed by atoms with E-state index < -0.39 is 6.16 Å². The summed E-state index contributed by atoms with van der Waals surface area (Å²) in [6.07, 6.45) is 1.13. The summed E-state index contributed by atoms with van der Waals surface area (Å²) in [4.78, 5) is 10.0. The van der Waals surface area contributed by atoms with E-state index in [1.807, 2.05) is 13.8 Å². The molecule has 0 spiro atoms. The molecule has 1 aliphatic heterocycles. The Hall–Kier alpha value is -0.990. The molecule has 0 aliphatic carbocycles. The predicted octanol–water partition coefficient (Wildman–Crippen LogP) is 1.65. The van der Waals surface area contributed by atoms with Gasteiger partial charge in [0.1, 0.15) is 0 Å². The van der Waals surface area contributed by atoms with Crippen LogP contribution in [0.4, 0.5) is 4.79 Å². The van der Waals surface area contributed by atoms with Gasteiger partial charge in [-0.15, -0.1) is 0 Å². The number of allylic oxidation sites excluding steroid dienone is 1. The van der Waals surface area contributed by atoms with Crippen LogP contribution in [0.1, 0.15) is 13.8 Å². The van der Waals surface area contributed by atoms with Crippen molar-refractivity contribution in [3.05, 3.63) is 12.0 Å². The highest BCUT2D eigenvalue weighted by Crippen LogP contribution is 2.16. The molecule has 0 bridgehead atoms. The SMILES string of the molecule is CC(C)C=C1OC(=O)O1. The molecule has 0 amide bonds. The molecule has 0 unspecified atom stereocenters. The third kappa shape index (κ3) is 1.45. The highest BCUT2D eigenvalue weighted by Gasteiger charge is 2.23. The summed E-state index contributed by atoms with van der Waals surface area (Å²) in [5, 5.41) is 0. The summed E-state index contributed by atoms with van der Waals surface area (Å²) < 4.78 is 8.90. The van der Waals surface area contributed by atoms with Crippen LogP contribution >= 0.6 is 0 Å². The molecule has 0 saturated carbocycles. The first-order chi connectivity index (χ1) is 4.18. The van der Waals surface area contributed by atoms with Gasteiger partial charge in [-0.25, -0.2) is 4.79 Å². The van der Waals surface area contributed by atoms with Crippen molar-refractivity contribution in [3.63, 3.8) is 0 Å². The van der Waals surface area contributed by atoms with Crippen LogP contribution in [0.15, 0.2) is 12.0 Å². The Bertz CT molecular complexity index is 148. The quantitative estimate of drug-likeness (QED) is 0.503. The van der Waals surface area contributed by atoms with E-state index >= 15 is 0 Å². The molecular weight excluding hydrogens is 120 g/mol. The van der Waals surface area contributed by atoms with Crippen LogP contribution in [-0.4, -0.2) is 6.16 Å². The zero-order valence-electron chi connectivity index (χ0n) is 5.38. The molecule has 0 aromatic heterocycles. The van der Waals surface area contributed by atoms with E-state index in [0.29, 0.717) is 11.9 Å². The van der Waals surface area contributed by atoms with E-state index in [1.165, 1.54) is 0 Å². The maximum Gasteiger partial charge on any atom is 0.524 e. The van der Waals surface area contributed by atoms with Crippen molar-refractivity contribution in [1.29, 1.82) is 0 Å². The first kappa shape index (κ1) is 6.13. The molecule has 0 atom stereocenters. The number of carbonyl (C=O) groups excluding carboxylic acids is 1. The summed E-state index contributed by atoms with van der Waals surface area (Å²) in [5.74, 6) is 0.683. The molecule has 9 heavy (non-hydrogen) atoms. The van der Waals surface area contributed by atoms with Crippen LogP contribution in [0, 0.1) is 5.92 Å². The van der Waals surface area contributed by atoms with Crippen LogP contribution in [-0.2, 0) is 9.47 Å². The Morgan fingerprint density at radius 2 is 2.00 bits per heavy atom. The molecule has 0 aromatic carbocycles. The second kappa shape index (κ2) is 2.09. The lowest BCUT2D eigenvalue weighted by atomic mass is 10.2. The lowest BCUT2D eigenvalue weighted by Crippen LogP contribution is -2.20. The van der Waals surface area contributed by atoms with Crippen LogP contribution in [0.5, 0.6) is 0 Å². The van der Waals surface area contributed by atoms with Crippen LogP contribution in [0.2, 0.25) is 0 Å². The molecule has 1 rings (SSSR count). The molecular formula is C6H8O3. The van der Waals surface area contributed by atoms with Gasteiger partial charge in [-0.3, -0.25) is 0 Å². The van der Waals surface area contributed by atoms with Crippen molar-refractivity contribution in [2.24, 2.45) is 5.92 Å². The summed E-state index contributed by atoms with van der Waals surface area (Å²) in [5.41, 5.74) is 0. The molecule has 0 N–H and O–H groups in total. The monoisotopic (exact) mass is 128 g/mol. The Kier molecular flexibility index (Phi) is 1.42. The van der Waals surface area contributed by atoms with Crippen molar-refractivity contribution in [3.8, 4) is 0 Å². The van der Waals surface area contributed by atoms with Gasteiger partial charge in [0.2, 0.25) is 0 Å². The largest absolute Gasteiger partial charge is 0.524 e. The Labute approximate surface area is 53.3 Å². The smallest absolute Gasteiger partial charge is 0.360 e. The summed E-state index contributed by atoms with van der Waals surface area (Å²) in [6, 6.07) is 0. The van der Waals surface area contributed by atoms with Crippen molar-refractivity contribution in [2.75, 3.05) is 0 Å². The van der Waals surface area contributed by atoms with Gasteiger partial charge >= 0.3 is 6.16 Å². The number of rotatable bonds is 1. The molecule has 3 nitrogen and oxygen atoms in total. The van der Waals surface area contributed by atoms with Crippen molar-refractivity contribution in [2.45, 2.75) is 13.8 Å². The third-order valence-electron chi connectivity index (χ3n) is 0.837. The van der Waals surface area contributed by atoms with Crippen LogP contribution < -0.4 is 0 Å². The number of cyclic esters (lactones) is 2. The second-order valence-corrected chi connectivity index (χ2v) is 2.18. The first-order valence-electron chi connectivity index (χ1n) is 2.80. The molecule has 1 heterocycles. The van der Waals surface area contributed by atoms with Gasteiger partial charge in [0.05, 0.1) is 0 Å². The van der Waals surface area contributed by atoms with Gasteiger partial charge in [0.25, 0.3) is 5.95 Å². The highest BCUT2D eigenvalue weighted by atomic mass is 16.9. The van der Waals surface area contributed by atoms with E-state index in [4.69, 9.17) is 0 Å². The van der Waals surface area contributed by atoms with Crippen LogP contribution in [0.3, 0.4) is 0 Å². The minimum atomic E-state index is -0.609. The van der Waals surface area contributed by atoms with Gasteiger partial charge in [-0.2, -0.15) is 0 Å². The maximum absolute atomic E-state index is 10.0. The average molecular weight is 128 g/mol. The number of ether oxygens (including phenoxy) is 2. The molecule has 3 heteroatoms. The lowest BCUT2D eigenvalue weighted by molar-refractivity contribution is -0.0273. The van der Waals surface area contributed by atoms with E-state index in [9.17, 15) is 4.79 Å². The minimum absolute atomic E-state index is 0.329. The summed E-state index contributed by atoms with van der Waals surface area (Å²) >= 11 is 0.